The summed E-state index contributed by atoms with van der Waals surface area (Å²) in [5, 5.41) is 11.3. The van der Waals surface area contributed by atoms with Crippen molar-refractivity contribution in [3.05, 3.63) is 70.8 Å². The molecule has 0 saturated heterocycles. The second kappa shape index (κ2) is 4.99. The molecule has 0 heterocycles. The molecular weight excluding hydrogens is 256 g/mol. The summed E-state index contributed by atoms with van der Waals surface area (Å²) in [6, 6.07) is 17.2. The molecule has 108 valence electrons. The van der Waals surface area contributed by atoms with Gasteiger partial charge in [0.05, 0.1) is 5.60 Å². The molecule has 2 aliphatic rings. The summed E-state index contributed by atoms with van der Waals surface area (Å²) < 4.78 is 0. The molecule has 21 heavy (non-hydrogen) atoms. The molecule has 0 bridgehead atoms. The molecule has 0 amide bonds. The Labute approximate surface area is 126 Å². The molecule has 1 fully saturated rings. The Bertz CT molecular complexity index is 656. The Morgan fingerprint density at radius 2 is 1.62 bits per heavy atom. The van der Waals surface area contributed by atoms with Crippen LogP contribution in [0.2, 0.25) is 0 Å². The standard InChI is InChI=1S/C20H22O/c21-20(13-12-15-6-1-2-7-17(15)14-20)19-11-4-3-10-18(19)16-8-5-9-16/h1-4,6-7,10-11,16,21H,5,8-9,12-14H2. The van der Waals surface area contributed by atoms with Gasteiger partial charge < -0.3 is 5.11 Å². The lowest BCUT2D eigenvalue weighted by atomic mass is 9.70. The molecule has 0 aliphatic heterocycles. The molecule has 0 spiro atoms. The largest absolute Gasteiger partial charge is 0.385 e. The van der Waals surface area contributed by atoms with Crippen molar-refractivity contribution in [2.24, 2.45) is 0 Å². The first-order chi connectivity index (χ1) is 10.3. The van der Waals surface area contributed by atoms with Crippen LogP contribution in [0.25, 0.3) is 0 Å². The monoisotopic (exact) mass is 278 g/mol. The molecule has 4 rings (SSSR count). The summed E-state index contributed by atoms with van der Waals surface area (Å²) >= 11 is 0. The van der Waals surface area contributed by atoms with Crippen LogP contribution in [0, 0.1) is 0 Å². The average Bonchev–Trinajstić information content (AvgIpc) is 2.46. The zero-order valence-electron chi connectivity index (χ0n) is 12.4. The molecule has 1 atom stereocenters. The predicted octanol–water partition coefficient (Wildman–Crippen LogP) is 4.33. The van der Waals surface area contributed by atoms with Crippen molar-refractivity contribution < 1.29 is 5.11 Å². The van der Waals surface area contributed by atoms with Crippen molar-refractivity contribution in [2.75, 3.05) is 0 Å². The molecule has 0 radical (unpaired) electrons. The van der Waals surface area contributed by atoms with E-state index in [1.165, 1.54) is 41.5 Å². The van der Waals surface area contributed by atoms with Crippen LogP contribution in [-0.2, 0) is 18.4 Å². The third kappa shape index (κ3) is 2.20. The molecule has 0 aromatic heterocycles. The average molecular weight is 278 g/mol. The number of aryl methyl sites for hydroxylation is 1. The third-order valence-corrected chi connectivity index (χ3v) is 5.42. The number of hydrogen-bond donors (Lipinski definition) is 1. The summed E-state index contributed by atoms with van der Waals surface area (Å²) in [5.41, 5.74) is 4.62. The lowest BCUT2D eigenvalue weighted by Crippen LogP contribution is -2.35. The fourth-order valence-corrected chi connectivity index (χ4v) is 3.94. The summed E-state index contributed by atoms with van der Waals surface area (Å²) in [7, 11) is 0. The topological polar surface area (TPSA) is 20.2 Å². The van der Waals surface area contributed by atoms with E-state index in [9.17, 15) is 5.11 Å². The Kier molecular flexibility index (Phi) is 3.11. The fraction of sp³-hybridized carbons (Fsp3) is 0.400. The minimum absolute atomic E-state index is 0.669. The van der Waals surface area contributed by atoms with Gasteiger partial charge in [-0.3, -0.25) is 0 Å². The molecule has 1 heteroatoms. The first-order valence-corrected chi connectivity index (χ1v) is 8.15. The Hall–Kier alpha value is -1.60. The molecule has 1 nitrogen and oxygen atoms in total. The van der Waals surface area contributed by atoms with E-state index in [2.05, 4.69) is 48.5 Å². The van der Waals surface area contributed by atoms with Crippen molar-refractivity contribution >= 4 is 0 Å². The maximum Gasteiger partial charge on any atom is 0.0942 e. The van der Waals surface area contributed by atoms with Crippen LogP contribution in [-0.4, -0.2) is 5.11 Å². The van der Waals surface area contributed by atoms with Gasteiger partial charge in [-0.1, -0.05) is 55.0 Å². The van der Waals surface area contributed by atoms with Crippen LogP contribution in [0.4, 0.5) is 0 Å². The lowest BCUT2D eigenvalue weighted by Gasteiger charge is -2.38. The van der Waals surface area contributed by atoms with E-state index in [0.717, 1.165) is 19.3 Å². The third-order valence-electron chi connectivity index (χ3n) is 5.42. The number of rotatable bonds is 2. The first kappa shape index (κ1) is 13.1. The van der Waals surface area contributed by atoms with Gasteiger partial charge in [-0.05, 0) is 53.9 Å². The molecule has 2 aromatic rings. The summed E-state index contributed by atoms with van der Waals surface area (Å²) in [6.45, 7) is 0. The number of fused-ring (bicyclic) bond motifs is 1. The van der Waals surface area contributed by atoms with Crippen LogP contribution < -0.4 is 0 Å². The fourth-order valence-electron chi connectivity index (χ4n) is 3.94. The van der Waals surface area contributed by atoms with Crippen LogP contribution in [0.5, 0.6) is 0 Å². The van der Waals surface area contributed by atoms with E-state index in [1.807, 2.05) is 0 Å². The first-order valence-electron chi connectivity index (χ1n) is 8.15. The van der Waals surface area contributed by atoms with Crippen molar-refractivity contribution in [3.8, 4) is 0 Å². The molecule has 2 aliphatic carbocycles. The normalized spacial score (nSPS) is 25.2. The molecular formula is C20H22O. The van der Waals surface area contributed by atoms with Gasteiger partial charge in [-0.25, -0.2) is 0 Å². The van der Waals surface area contributed by atoms with E-state index < -0.39 is 5.60 Å². The highest BCUT2D eigenvalue weighted by Gasteiger charge is 2.37. The Morgan fingerprint density at radius 3 is 2.38 bits per heavy atom. The van der Waals surface area contributed by atoms with Crippen molar-refractivity contribution in [1.29, 1.82) is 0 Å². The number of aliphatic hydroxyl groups is 1. The van der Waals surface area contributed by atoms with E-state index in [4.69, 9.17) is 0 Å². The Balaban J connectivity index is 1.73. The van der Waals surface area contributed by atoms with Crippen LogP contribution in [0.1, 0.15) is 53.9 Å². The predicted molar refractivity (Wildman–Crippen MR) is 85.4 cm³/mol. The van der Waals surface area contributed by atoms with Gasteiger partial charge in [-0.2, -0.15) is 0 Å². The smallest absolute Gasteiger partial charge is 0.0942 e. The zero-order chi connectivity index (χ0) is 14.3. The molecule has 1 saturated carbocycles. The van der Waals surface area contributed by atoms with Gasteiger partial charge in [0, 0.05) is 6.42 Å². The zero-order valence-corrected chi connectivity index (χ0v) is 12.4. The van der Waals surface area contributed by atoms with Crippen molar-refractivity contribution in [2.45, 2.75) is 50.0 Å². The van der Waals surface area contributed by atoms with Crippen LogP contribution in [0.15, 0.2) is 48.5 Å². The maximum atomic E-state index is 11.3. The second-order valence-corrected chi connectivity index (χ2v) is 6.69. The lowest BCUT2D eigenvalue weighted by molar-refractivity contribution is 0.0207. The van der Waals surface area contributed by atoms with E-state index in [1.54, 1.807) is 0 Å². The van der Waals surface area contributed by atoms with E-state index in [0.29, 0.717) is 5.92 Å². The van der Waals surface area contributed by atoms with Crippen molar-refractivity contribution in [1.82, 2.24) is 0 Å². The SMILES string of the molecule is OC1(c2ccccc2C2CCC2)CCc2ccccc2C1. The summed E-state index contributed by atoms with van der Waals surface area (Å²) in [5.74, 6) is 0.669. The van der Waals surface area contributed by atoms with E-state index in [-0.39, 0.29) is 0 Å². The minimum atomic E-state index is -0.680. The molecule has 1 unspecified atom stereocenters. The van der Waals surface area contributed by atoms with Gasteiger partial charge in [0.25, 0.3) is 0 Å². The highest BCUT2D eigenvalue weighted by Crippen LogP contribution is 2.44. The molecule has 1 N–H and O–H groups in total. The van der Waals surface area contributed by atoms with Gasteiger partial charge in [0.2, 0.25) is 0 Å². The van der Waals surface area contributed by atoms with Crippen LogP contribution >= 0.6 is 0 Å². The quantitative estimate of drug-likeness (QED) is 0.867. The Morgan fingerprint density at radius 1 is 0.905 bits per heavy atom. The highest BCUT2D eigenvalue weighted by atomic mass is 16.3. The number of benzene rings is 2. The second-order valence-electron chi connectivity index (χ2n) is 6.69. The van der Waals surface area contributed by atoms with Crippen LogP contribution in [0.3, 0.4) is 0 Å². The maximum absolute atomic E-state index is 11.3. The van der Waals surface area contributed by atoms with Gasteiger partial charge >= 0.3 is 0 Å². The molecule has 2 aromatic carbocycles. The minimum Gasteiger partial charge on any atom is -0.385 e. The van der Waals surface area contributed by atoms with E-state index >= 15 is 0 Å². The highest BCUT2D eigenvalue weighted by molar-refractivity contribution is 5.41. The summed E-state index contributed by atoms with van der Waals surface area (Å²) in [6.07, 6.45) is 6.47. The van der Waals surface area contributed by atoms with Crippen molar-refractivity contribution in [3.63, 3.8) is 0 Å². The van der Waals surface area contributed by atoms with Gasteiger partial charge in [0.15, 0.2) is 0 Å². The number of hydrogen-bond acceptors (Lipinski definition) is 1. The van der Waals surface area contributed by atoms with Gasteiger partial charge in [-0.15, -0.1) is 0 Å². The summed E-state index contributed by atoms with van der Waals surface area (Å²) in [4.78, 5) is 0. The van der Waals surface area contributed by atoms with Gasteiger partial charge in [0.1, 0.15) is 0 Å².